The Labute approximate surface area is 160 Å². The predicted molar refractivity (Wildman–Crippen MR) is 101 cm³/mol. The lowest BCUT2D eigenvalue weighted by Crippen LogP contribution is -2.52. The molecule has 2 aliphatic heterocycles. The molecular formula is C20H28N4O3. The van der Waals surface area contributed by atoms with Crippen LogP contribution < -0.4 is 5.32 Å². The Kier molecular flexibility index (Phi) is 6.55. The first-order valence-corrected chi connectivity index (χ1v) is 9.75. The number of nitrogens with zero attached hydrogens (tertiary/aromatic N) is 3. The fourth-order valence-electron chi connectivity index (χ4n) is 4.05. The third kappa shape index (κ3) is 5.13. The average Bonchev–Trinajstić information content (AvgIpc) is 2.72. The van der Waals surface area contributed by atoms with Gasteiger partial charge in [0.05, 0.1) is 5.92 Å². The molecule has 1 aromatic heterocycles. The van der Waals surface area contributed by atoms with Crippen molar-refractivity contribution in [2.45, 2.75) is 45.2 Å². The normalized spacial score (nSPS) is 21.7. The molecule has 3 rings (SSSR count). The molecule has 7 nitrogen and oxygen atoms in total. The van der Waals surface area contributed by atoms with E-state index in [0.717, 1.165) is 44.3 Å². The van der Waals surface area contributed by atoms with Crippen LogP contribution in [0.5, 0.6) is 0 Å². The van der Waals surface area contributed by atoms with E-state index in [1.807, 2.05) is 12.1 Å². The number of rotatable bonds is 5. The van der Waals surface area contributed by atoms with E-state index in [0.29, 0.717) is 25.7 Å². The number of hydrogen-bond donors (Lipinski definition) is 1. The van der Waals surface area contributed by atoms with Crippen molar-refractivity contribution in [1.82, 2.24) is 20.1 Å². The quantitative estimate of drug-likeness (QED) is 0.780. The standard InChI is InChI=1S/C20H28N4O3/c1-15(25)20(27)23-10-6-18(7-11-23)24-9-3-5-17(14-24)19(26)22-13-16-4-2-8-21-12-16/h2,4,8,12,17-18H,3,5-7,9-11,13-14H2,1H3,(H,22,26)/t17-/m0/s1. The molecule has 0 aliphatic carbocycles. The van der Waals surface area contributed by atoms with E-state index in [1.165, 1.54) is 6.92 Å². The number of nitrogens with one attached hydrogen (secondary N) is 1. The summed E-state index contributed by atoms with van der Waals surface area (Å²) in [6.07, 6.45) is 7.14. The second-order valence-electron chi connectivity index (χ2n) is 7.49. The highest BCUT2D eigenvalue weighted by Crippen LogP contribution is 2.24. The minimum absolute atomic E-state index is 0.00676. The number of ketones is 1. The van der Waals surface area contributed by atoms with Crippen LogP contribution in [-0.2, 0) is 20.9 Å². The lowest BCUT2D eigenvalue weighted by molar-refractivity contribution is -0.144. The lowest BCUT2D eigenvalue weighted by Gasteiger charge is -2.41. The summed E-state index contributed by atoms with van der Waals surface area (Å²) in [4.78, 5) is 43.8. The number of Topliss-reactive ketones (excluding diaryl/α,β-unsaturated/α-hetero) is 1. The number of piperidine rings is 2. The zero-order valence-corrected chi connectivity index (χ0v) is 15.9. The van der Waals surface area contributed by atoms with Gasteiger partial charge in [-0.15, -0.1) is 0 Å². The molecule has 7 heteroatoms. The van der Waals surface area contributed by atoms with E-state index in [2.05, 4.69) is 15.2 Å². The van der Waals surface area contributed by atoms with Gasteiger partial charge in [0.25, 0.3) is 5.91 Å². The van der Waals surface area contributed by atoms with E-state index >= 15 is 0 Å². The Morgan fingerprint density at radius 3 is 2.63 bits per heavy atom. The Morgan fingerprint density at radius 1 is 1.19 bits per heavy atom. The maximum Gasteiger partial charge on any atom is 0.289 e. The summed E-state index contributed by atoms with van der Waals surface area (Å²) in [5.41, 5.74) is 1.00. The van der Waals surface area contributed by atoms with Crippen LogP contribution in [0.1, 0.15) is 38.2 Å². The number of likely N-dealkylation sites (tertiary alicyclic amines) is 2. The van der Waals surface area contributed by atoms with Gasteiger partial charge in [0, 0.05) is 51.5 Å². The van der Waals surface area contributed by atoms with Gasteiger partial charge in [0.15, 0.2) is 0 Å². The summed E-state index contributed by atoms with van der Waals surface area (Å²) in [6.45, 7) is 4.85. The van der Waals surface area contributed by atoms with Crippen molar-refractivity contribution >= 4 is 17.6 Å². The molecule has 0 unspecified atom stereocenters. The van der Waals surface area contributed by atoms with Gasteiger partial charge in [-0.05, 0) is 43.9 Å². The smallest absolute Gasteiger partial charge is 0.289 e. The van der Waals surface area contributed by atoms with Crippen LogP contribution in [0, 0.1) is 5.92 Å². The molecule has 0 radical (unpaired) electrons. The SMILES string of the molecule is CC(=O)C(=O)N1CCC(N2CCC[C@H](C(=O)NCc3cccnc3)C2)CC1. The molecule has 146 valence electrons. The summed E-state index contributed by atoms with van der Waals surface area (Å²) in [7, 11) is 0. The lowest BCUT2D eigenvalue weighted by atomic mass is 9.93. The molecule has 0 bridgehead atoms. The van der Waals surface area contributed by atoms with E-state index in [-0.39, 0.29) is 17.7 Å². The van der Waals surface area contributed by atoms with Gasteiger partial charge >= 0.3 is 0 Å². The summed E-state index contributed by atoms with van der Waals surface area (Å²) in [6, 6.07) is 4.21. The zero-order chi connectivity index (χ0) is 19.2. The van der Waals surface area contributed by atoms with Crippen molar-refractivity contribution in [3.63, 3.8) is 0 Å². The predicted octanol–water partition coefficient (Wildman–Crippen LogP) is 0.990. The van der Waals surface area contributed by atoms with Gasteiger partial charge in [-0.25, -0.2) is 0 Å². The van der Waals surface area contributed by atoms with Crippen molar-refractivity contribution < 1.29 is 14.4 Å². The van der Waals surface area contributed by atoms with Crippen molar-refractivity contribution in [2.24, 2.45) is 5.92 Å². The van der Waals surface area contributed by atoms with Crippen LogP contribution in [-0.4, -0.2) is 64.6 Å². The number of hydrogen-bond acceptors (Lipinski definition) is 5. The third-order valence-electron chi connectivity index (χ3n) is 5.58. The molecule has 27 heavy (non-hydrogen) atoms. The second kappa shape index (κ2) is 9.08. The molecular weight excluding hydrogens is 344 g/mol. The molecule has 2 aliphatic rings. The van der Waals surface area contributed by atoms with E-state index in [4.69, 9.17) is 0 Å². The van der Waals surface area contributed by atoms with Crippen LogP contribution in [0.2, 0.25) is 0 Å². The minimum atomic E-state index is -0.392. The Balaban J connectivity index is 1.47. The molecule has 0 aromatic carbocycles. The van der Waals surface area contributed by atoms with E-state index < -0.39 is 5.78 Å². The van der Waals surface area contributed by atoms with Gasteiger partial charge < -0.3 is 10.2 Å². The molecule has 2 saturated heterocycles. The van der Waals surface area contributed by atoms with Crippen LogP contribution >= 0.6 is 0 Å². The van der Waals surface area contributed by atoms with Crippen molar-refractivity contribution in [3.8, 4) is 0 Å². The van der Waals surface area contributed by atoms with Crippen LogP contribution in [0.25, 0.3) is 0 Å². The maximum atomic E-state index is 12.6. The topological polar surface area (TPSA) is 82.6 Å². The first kappa shape index (κ1) is 19.5. The van der Waals surface area contributed by atoms with Crippen LogP contribution in [0.4, 0.5) is 0 Å². The fraction of sp³-hybridized carbons (Fsp3) is 0.600. The van der Waals surface area contributed by atoms with Crippen molar-refractivity contribution in [1.29, 1.82) is 0 Å². The highest BCUT2D eigenvalue weighted by atomic mass is 16.2. The van der Waals surface area contributed by atoms with E-state index in [9.17, 15) is 14.4 Å². The molecule has 3 heterocycles. The summed E-state index contributed by atoms with van der Waals surface area (Å²) < 4.78 is 0. The fourth-order valence-corrected chi connectivity index (χ4v) is 4.05. The van der Waals surface area contributed by atoms with Crippen LogP contribution in [0.15, 0.2) is 24.5 Å². The average molecular weight is 372 g/mol. The summed E-state index contributed by atoms with van der Waals surface area (Å²) >= 11 is 0. The number of aromatic nitrogens is 1. The minimum Gasteiger partial charge on any atom is -0.352 e. The highest BCUT2D eigenvalue weighted by molar-refractivity contribution is 6.35. The first-order valence-electron chi connectivity index (χ1n) is 9.75. The Hall–Kier alpha value is -2.28. The monoisotopic (exact) mass is 372 g/mol. The van der Waals surface area contributed by atoms with Crippen molar-refractivity contribution in [3.05, 3.63) is 30.1 Å². The second-order valence-corrected chi connectivity index (χ2v) is 7.49. The van der Waals surface area contributed by atoms with Crippen molar-refractivity contribution in [2.75, 3.05) is 26.2 Å². The van der Waals surface area contributed by atoms with Crippen LogP contribution in [0.3, 0.4) is 0 Å². The molecule has 1 aromatic rings. The van der Waals surface area contributed by atoms with Gasteiger partial charge in [-0.3, -0.25) is 24.3 Å². The Morgan fingerprint density at radius 2 is 1.96 bits per heavy atom. The molecule has 1 N–H and O–H groups in total. The summed E-state index contributed by atoms with van der Waals surface area (Å²) in [5, 5.41) is 3.03. The maximum absolute atomic E-state index is 12.6. The van der Waals surface area contributed by atoms with Gasteiger partial charge in [-0.2, -0.15) is 0 Å². The Bertz CT molecular complexity index is 671. The molecule has 1 atom stereocenters. The first-order chi connectivity index (χ1) is 13.0. The van der Waals surface area contributed by atoms with Gasteiger partial charge in [-0.1, -0.05) is 6.07 Å². The highest BCUT2D eigenvalue weighted by Gasteiger charge is 2.33. The number of pyridine rings is 1. The number of carbonyl (C=O) groups is 3. The largest absolute Gasteiger partial charge is 0.352 e. The van der Waals surface area contributed by atoms with Gasteiger partial charge in [0.1, 0.15) is 0 Å². The van der Waals surface area contributed by atoms with E-state index in [1.54, 1.807) is 17.3 Å². The molecule has 2 fully saturated rings. The number of amides is 2. The number of carbonyl (C=O) groups excluding carboxylic acids is 3. The third-order valence-corrected chi connectivity index (χ3v) is 5.58. The zero-order valence-electron chi connectivity index (χ0n) is 15.9. The molecule has 0 saturated carbocycles. The summed E-state index contributed by atoms with van der Waals surface area (Å²) in [5.74, 6) is -0.656. The van der Waals surface area contributed by atoms with Gasteiger partial charge in [0.2, 0.25) is 11.7 Å². The molecule has 2 amide bonds. The molecule has 0 spiro atoms.